The number of nitrogens with zero attached hydrogens (tertiary/aromatic N) is 1. The highest BCUT2D eigenvalue weighted by Crippen LogP contribution is 2.38. The molecule has 128 valence electrons. The van der Waals surface area contributed by atoms with Crippen LogP contribution in [0.4, 0.5) is 0 Å². The van der Waals surface area contributed by atoms with E-state index in [2.05, 4.69) is 10.5 Å². The van der Waals surface area contributed by atoms with Gasteiger partial charge >= 0.3 is 5.97 Å². The van der Waals surface area contributed by atoms with E-state index in [1.54, 1.807) is 0 Å². The molecule has 1 fully saturated rings. The summed E-state index contributed by atoms with van der Waals surface area (Å²) in [6, 6.07) is 19.2. The number of carbonyl (C=O) groups is 2. The molecular weight excluding hydrogens is 316 g/mol. The van der Waals surface area contributed by atoms with Gasteiger partial charge in [-0.05, 0) is 12.3 Å². The molecule has 1 aliphatic rings. The van der Waals surface area contributed by atoms with E-state index in [1.807, 2.05) is 67.6 Å². The number of benzene rings is 2. The van der Waals surface area contributed by atoms with Gasteiger partial charge in [0.2, 0.25) is 0 Å². The van der Waals surface area contributed by atoms with E-state index >= 15 is 0 Å². The SMILES string of the molecule is CC1CC1C(=O)OCC(=O)NN=C(c1ccccc1)c1ccccc1. The highest BCUT2D eigenvalue weighted by atomic mass is 16.5. The van der Waals surface area contributed by atoms with Crippen LogP contribution in [0.25, 0.3) is 0 Å². The number of rotatable bonds is 6. The zero-order valence-electron chi connectivity index (χ0n) is 14.0. The van der Waals surface area contributed by atoms with Crippen molar-refractivity contribution in [2.24, 2.45) is 16.9 Å². The van der Waals surface area contributed by atoms with E-state index in [-0.39, 0.29) is 18.5 Å². The first kappa shape index (κ1) is 16.9. The predicted octanol–water partition coefficient (Wildman–Crippen LogP) is 2.75. The fraction of sp³-hybridized carbons (Fsp3) is 0.250. The Balaban J connectivity index is 1.66. The van der Waals surface area contributed by atoms with Crippen molar-refractivity contribution in [3.63, 3.8) is 0 Å². The topological polar surface area (TPSA) is 67.8 Å². The van der Waals surface area contributed by atoms with E-state index in [0.717, 1.165) is 17.5 Å². The van der Waals surface area contributed by atoms with Crippen LogP contribution < -0.4 is 5.43 Å². The molecule has 2 unspecified atom stereocenters. The molecule has 1 amide bonds. The standard InChI is InChI=1S/C20H20N2O3/c1-14-12-17(14)20(24)25-13-18(23)21-22-19(15-8-4-2-5-9-15)16-10-6-3-7-11-16/h2-11,14,17H,12-13H2,1H3,(H,21,23). The lowest BCUT2D eigenvalue weighted by molar-refractivity contribution is -0.150. The van der Waals surface area contributed by atoms with Crippen molar-refractivity contribution in [1.82, 2.24) is 5.43 Å². The molecule has 0 heterocycles. The molecule has 5 nitrogen and oxygen atoms in total. The first-order chi connectivity index (χ1) is 12.1. The van der Waals surface area contributed by atoms with Crippen LogP contribution in [0.15, 0.2) is 65.8 Å². The van der Waals surface area contributed by atoms with Gasteiger partial charge in [0, 0.05) is 11.1 Å². The number of ether oxygens (including phenoxy) is 1. The third kappa shape index (κ3) is 4.53. The lowest BCUT2D eigenvalue weighted by Gasteiger charge is -2.08. The minimum Gasteiger partial charge on any atom is -0.455 e. The monoisotopic (exact) mass is 336 g/mol. The van der Waals surface area contributed by atoms with E-state index in [4.69, 9.17) is 4.74 Å². The zero-order valence-corrected chi connectivity index (χ0v) is 14.0. The zero-order chi connectivity index (χ0) is 17.6. The van der Waals surface area contributed by atoms with Crippen molar-refractivity contribution in [3.8, 4) is 0 Å². The molecular formula is C20H20N2O3. The third-order valence-corrected chi connectivity index (χ3v) is 4.14. The maximum atomic E-state index is 11.9. The van der Waals surface area contributed by atoms with Gasteiger partial charge in [-0.2, -0.15) is 5.10 Å². The second kappa shape index (κ2) is 7.75. The Morgan fingerprint density at radius 3 is 2.04 bits per heavy atom. The summed E-state index contributed by atoms with van der Waals surface area (Å²) in [5.74, 6) is -0.458. The molecule has 3 rings (SSSR count). The first-order valence-electron chi connectivity index (χ1n) is 8.29. The van der Waals surface area contributed by atoms with Gasteiger partial charge in [-0.25, -0.2) is 5.43 Å². The molecule has 0 aromatic heterocycles. The molecule has 0 bridgehead atoms. The van der Waals surface area contributed by atoms with Crippen LogP contribution in [0.2, 0.25) is 0 Å². The second-order valence-corrected chi connectivity index (χ2v) is 6.15. The molecule has 5 heteroatoms. The van der Waals surface area contributed by atoms with Crippen molar-refractivity contribution in [3.05, 3.63) is 71.8 Å². The number of hydrogen-bond donors (Lipinski definition) is 1. The van der Waals surface area contributed by atoms with Crippen LogP contribution in [-0.2, 0) is 14.3 Å². The fourth-order valence-corrected chi connectivity index (χ4v) is 2.53. The summed E-state index contributed by atoms with van der Waals surface area (Å²) in [7, 11) is 0. The van der Waals surface area contributed by atoms with Crippen LogP contribution in [0.3, 0.4) is 0 Å². The molecule has 1 N–H and O–H groups in total. The van der Waals surface area contributed by atoms with Crippen molar-refractivity contribution < 1.29 is 14.3 Å². The Morgan fingerprint density at radius 1 is 1.04 bits per heavy atom. The van der Waals surface area contributed by atoms with Crippen molar-refractivity contribution in [2.75, 3.05) is 6.61 Å². The van der Waals surface area contributed by atoms with Crippen molar-refractivity contribution >= 4 is 17.6 Å². The summed E-state index contributed by atoms with van der Waals surface area (Å²) in [5.41, 5.74) is 4.90. The Morgan fingerprint density at radius 2 is 1.56 bits per heavy atom. The summed E-state index contributed by atoms with van der Waals surface area (Å²) in [4.78, 5) is 23.6. The van der Waals surface area contributed by atoms with Gasteiger partial charge in [-0.15, -0.1) is 0 Å². The summed E-state index contributed by atoms with van der Waals surface area (Å²) in [5, 5.41) is 4.24. The van der Waals surface area contributed by atoms with Crippen molar-refractivity contribution in [1.29, 1.82) is 0 Å². The highest BCUT2D eigenvalue weighted by molar-refractivity contribution is 6.13. The summed E-state index contributed by atoms with van der Waals surface area (Å²) in [6.45, 7) is 1.67. The highest BCUT2D eigenvalue weighted by Gasteiger charge is 2.40. The quantitative estimate of drug-likeness (QED) is 0.501. The number of hydrogen-bond acceptors (Lipinski definition) is 4. The van der Waals surface area contributed by atoms with Gasteiger partial charge in [-0.1, -0.05) is 67.6 Å². The van der Waals surface area contributed by atoms with Gasteiger partial charge in [-0.3, -0.25) is 9.59 Å². The van der Waals surface area contributed by atoms with Gasteiger partial charge in [0.05, 0.1) is 11.6 Å². The average molecular weight is 336 g/mol. The average Bonchev–Trinajstić information content (AvgIpc) is 3.38. The number of amides is 1. The molecule has 2 atom stereocenters. The summed E-state index contributed by atoms with van der Waals surface area (Å²) < 4.78 is 5.02. The molecule has 1 saturated carbocycles. The van der Waals surface area contributed by atoms with Crippen LogP contribution in [0.5, 0.6) is 0 Å². The first-order valence-corrected chi connectivity index (χ1v) is 8.29. The van der Waals surface area contributed by atoms with E-state index in [0.29, 0.717) is 11.6 Å². The van der Waals surface area contributed by atoms with Crippen molar-refractivity contribution in [2.45, 2.75) is 13.3 Å². The smallest absolute Gasteiger partial charge is 0.309 e. The largest absolute Gasteiger partial charge is 0.455 e. The number of nitrogens with one attached hydrogen (secondary N) is 1. The minimum absolute atomic E-state index is 0.0551. The number of carbonyl (C=O) groups excluding carboxylic acids is 2. The van der Waals surface area contributed by atoms with Gasteiger partial charge in [0.15, 0.2) is 6.61 Å². The van der Waals surface area contributed by atoms with Crippen LogP contribution in [0, 0.1) is 11.8 Å². The molecule has 0 radical (unpaired) electrons. The molecule has 2 aromatic rings. The Bertz CT molecular complexity index is 731. The Kier molecular flexibility index (Phi) is 5.23. The molecule has 0 spiro atoms. The van der Waals surface area contributed by atoms with Gasteiger partial charge < -0.3 is 4.74 Å². The van der Waals surface area contributed by atoms with Gasteiger partial charge in [0.25, 0.3) is 5.91 Å². The normalized spacial score (nSPS) is 18.1. The molecule has 1 aliphatic carbocycles. The molecule has 25 heavy (non-hydrogen) atoms. The summed E-state index contributed by atoms with van der Waals surface area (Å²) >= 11 is 0. The molecule has 0 aliphatic heterocycles. The predicted molar refractivity (Wildman–Crippen MR) is 94.9 cm³/mol. The molecule has 2 aromatic carbocycles. The lowest BCUT2D eigenvalue weighted by atomic mass is 10.0. The number of hydrazone groups is 1. The fourth-order valence-electron chi connectivity index (χ4n) is 2.53. The van der Waals surface area contributed by atoms with E-state index in [1.165, 1.54) is 0 Å². The summed E-state index contributed by atoms with van der Waals surface area (Å²) in [6.07, 6.45) is 0.838. The maximum Gasteiger partial charge on any atom is 0.309 e. The third-order valence-electron chi connectivity index (χ3n) is 4.14. The lowest BCUT2D eigenvalue weighted by Crippen LogP contribution is -2.26. The second-order valence-electron chi connectivity index (χ2n) is 6.15. The van der Waals surface area contributed by atoms with Gasteiger partial charge in [0.1, 0.15) is 0 Å². The maximum absolute atomic E-state index is 11.9. The molecule has 0 saturated heterocycles. The van der Waals surface area contributed by atoms with Crippen LogP contribution >= 0.6 is 0 Å². The Labute approximate surface area is 146 Å². The van der Waals surface area contributed by atoms with Crippen LogP contribution in [-0.4, -0.2) is 24.2 Å². The number of esters is 1. The minimum atomic E-state index is -0.453. The van der Waals surface area contributed by atoms with E-state index < -0.39 is 5.91 Å². The Hall–Kier alpha value is -2.95. The van der Waals surface area contributed by atoms with Crippen LogP contribution in [0.1, 0.15) is 24.5 Å². The van der Waals surface area contributed by atoms with E-state index in [9.17, 15) is 9.59 Å².